The van der Waals surface area contributed by atoms with Gasteiger partial charge in [0.1, 0.15) is 6.67 Å². The van der Waals surface area contributed by atoms with Gasteiger partial charge < -0.3 is 5.11 Å². The first kappa shape index (κ1) is 8.85. The molecule has 0 aromatic heterocycles. The van der Waals surface area contributed by atoms with Crippen molar-refractivity contribution < 1.29 is 9.50 Å². The molecule has 9 heavy (non-hydrogen) atoms. The average molecular weight is 135 g/mol. The Kier molecular flexibility index (Phi) is 4.62. The molecule has 1 N–H and O–H groups in total. The van der Waals surface area contributed by atoms with Crippen molar-refractivity contribution in [1.29, 1.82) is 0 Å². The van der Waals surface area contributed by atoms with Crippen LogP contribution < -0.4 is 0 Å². The third-order valence-electron chi connectivity index (χ3n) is 1.45. The van der Waals surface area contributed by atoms with Crippen molar-refractivity contribution in [2.45, 2.75) is 13.0 Å². The van der Waals surface area contributed by atoms with Crippen LogP contribution >= 0.6 is 0 Å². The van der Waals surface area contributed by atoms with Crippen LogP contribution in [0.5, 0.6) is 0 Å². The number of rotatable bonds is 4. The third-order valence-corrected chi connectivity index (χ3v) is 1.45. The Morgan fingerprint density at radius 3 is 2.56 bits per heavy atom. The normalized spacial score (nSPS) is 14.3. The van der Waals surface area contributed by atoms with Crippen LogP contribution in [0, 0.1) is 0 Å². The van der Waals surface area contributed by atoms with Gasteiger partial charge in [0.05, 0.1) is 6.61 Å². The zero-order valence-electron chi connectivity index (χ0n) is 5.97. The van der Waals surface area contributed by atoms with Gasteiger partial charge in [-0.2, -0.15) is 0 Å². The van der Waals surface area contributed by atoms with E-state index in [4.69, 9.17) is 5.11 Å². The molecule has 0 saturated heterocycles. The summed E-state index contributed by atoms with van der Waals surface area (Å²) in [5.41, 5.74) is 0. The highest BCUT2D eigenvalue weighted by molar-refractivity contribution is 4.59. The molecule has 0 aromatic rings. The SMILES string of the molecule is C[C@H](CO)N(C)CCF. The van der Waals surface area contributed by atoms with E-state index in [1.807, 2.05) is 6.92 Å². The van der Waals surface area contributed by atoms with Crippen LogP contribution in [0.4, 0.5) is 4.39 Å². The van der Waals surface area contributed by atoms with E-state index in [-0.39, 0.29) is 19.3 Å². The lowest BCUT2D eigenvalue weighted by atomic mass is 10.3. The molecule has 0 aromatic carbocycles. The predicted octanol–water partition coefficient (Wildman–Crippen LogP) is 0.269. The Morgan fingerprint density at radius 1 is 1.67 bits per heavy atom. The third kappa shape index (κ3) is 3.43. The first-order chi connectivity index (χ1) is 4.22. The average Bonchev–Trinajstić information content (AvgIpc) is 1.87. The topological polar surface area (TPSA) is 23.5 Å². The van der Waals surface area contributed by atoms with Gasteiger partial charge >= 0.3 is 0 Å². The number of halogens is 1. The van der Waals surface area contributed by atoms with Crippen molar-refractivity contribution in [3.63, 3.8) is 0 Å². The fraction of sp³-hybridized carbons (Fsp3) is 1.00. The molecule has 56 valence electrons. The van der Waals surface area contributed by atoms with Gasteiger partial charge in [-0.15, -0.1) is 0 Å². The first-order valence-electron chi connectivity index (χ1n) is 3.09. The molecule has 0 aliphatic heterocycles. The Labute approximate surface area is 55.3 Å². The number of alkyl halides is 1. The monoisotopic (exact) mass is 135 g/mol. The lowest BCUT2D eigenvalue weighted by molar-refractivity contribution is 0.152. The van der Waals surface area contributed by atoms with Crippen molar-refractivity contribution in [2.24, 2.45) is 0 Å². The van der Waals surface area contributed by atoms with E-state index in [1.165, 1.54) is 0 Å². The molecule has 0 heterocycles. The lowest BCUT2D eigenvalue weighted by Crippen LogP contribution is -2.33. The van der Waals surface area contributed by atoms with Crippen molar-refractivity contribution in [1.82, 2.24) is 4.90 Å². The minimum atomic E-state index is -0.346. The van der Waals surface area contributed by atoms with E-state index in [0.717, 1.165) is 0 Å². The summed E-state index contributed by atoms with van der Waals surface area (Å²) in [5.74, 6) is 0. The van der Waals surface area contributed by atoms with Crippen molar-refractivity contribution in [3.8, 4) is 0 Å². The molecule has 0 saturated carbocycles. The van der Waals surface area contributed by atoms with E-state index >= 15 is 0 Å². The molecule has 0 bridgehead atoms. The number of hydrogen-bond acceptors (Lipinski definition) is 2. The van der Waals surface area contributed by atoms with Crippen LogP contribution in [0.2, 0.25) is 0 Å². The summed E-state index contributed by atoms with van der Waals surface area (Å²) in [7, 11) is 1.79. The fourth-order valence-corrected chi connectivity index (χ4v) is 0.493. The summed E-state index contributed by atoms with van der Waals surface area (Å²) in [6.45, 7) is 2.01. The Bertz CT molecular complexity index is 70.1. The second kappa shape index (κ2) is 4.70. The van der Waals surface area contributed by atoms with Gasteiger partial charge in [-0.3, -0.25) is 4.90 Å². The molecule has 1 atom stereocenters. The molecule has 0 aliphatic carbocycles. The molecule has 0 amide bonds. The highest BCUT2D eigenvalue weighted by Crippen LogP contribution is 1.92. The second-order valence-corrected chi connectivity index (χ2v) is 2.20. The van der Waals surface area contributed by atoms with Crippen molar-refractivity contribution >= 4 is 0 Å². The summed E-state index contributed by atoms with van der Waals surface area (Å²) >= 11 is 0. The van der Waals surface area contributed by atoms with Gasteiger partial charge in [0.15, 0.2) is 0 Å². The van der Waals surface area contributed by atoms with Crippen LogP contribution in [0.15, 0.2) is 0 Å². The highest BCUT2D eigenvalue weighted by atomic mass is 19.1. The van der Waals surface area contributed by atoms with E-state index in [1.54, 1.807) is 11.9 Å². The van der Waals surface area contributed by atoms with Gasteiger partial charge in [0.2, 0.25) is 0 Å². The van der Waals surface area contributed by atoms with Gasteiger partial charge in [-0.05, 0) is 14.0 Å². The quantitative estimate of drug-likeness (QED) is 0.598. The zero-order valence-corrected chi connectivity index (χ0v) is 5.97. The lowest BCUT2D eigenvalue weighted by Gasteiger charge is -2.20. The van der Waals surface area contributed by atoms with Gasteiger partial charge in [-0.1, -0.05) is 0 Å². The summed E-state index contributed by atoms with van der Waals surface area (Å²) in [4.78, 5) is 1.78. The molecule has 3 heteroatoms. The van der Waals surface area contributed by atoms with Crippen LogP contribution in [0.1, 0.15) is 6.92 Å². The molecular formula is C6H14FNO. The van der Waals surface area contributed by atoms with E-state index in [9.17, 15) is 4.39 Å². The second-order valence-electron chi connectivity index (χ2n) is 2.20. The molecule has 0 aliphatic rings. The van der Waals surface area contributed by atoms with Crippen LogP contribution in [-0.4, -0.2) is 42.9 Å². The molecule has 0 radical (unpaired) electrons. The molecule has 2 nitrogen and oxygen atoms in total. The molecule has 0 rings (SSSR count). The number of aliphatic hydroxyl groups excluding tert-OH is 1. The molecular weight excluding hydrogens is 121 g/mol. The van der Waals surface area contributed by atoms with Crippen LogP contribution in [0.3, 0.4) is 0 Å². The Hall–Kier alpha value is -0.150. The van der Waals surface area contributed by atoms with Crippen molar-refractivity contribution in [2.75, 3.05) is 26.9 Å². The minimum Gasteiger partial charge on any atom is -0.395 e. The summed E-state index contributed by atoms with van der Waals surface area (Å²) in [6, 6.07) is 0.0701. The van der Waals surface area contributed by atoms with E-state index in [2.05, 4.69) is 0 Å². The van der Waals surface area contributed by atoms with Crippen LogP contribution in [-0.2, 0) is 0 Å². The van der Waals surface area contributed by atoms with Crippen LogP contribution in [0.25, 0.3) is 0 Å². The summed E-state index contributed by atoms with van der Waals surface area (Å²) in [6.07, 6.45) is 0. The predicted molar refractivity (Wildman–Crippen MR) is 35.2 cm³/mol. The molecule has 0 spiro atoms. The first-order valence-corrected chi connectivity index (χ1v) is 3.09. The largest absolute Gasteiger partial charge is 0.395 e. The smallest absolute Gasteiger partial charge is 0.102 e. The van der Waals surface area contributed by atoms with E-state index < -0.39 is 0 Å². The molecule has 0 fully saturated rings. The highest BCUT2D eigenvalue weighted by Gasteiger charge is 2.05. The maximum Gasteiger partial charge on any atom is 0.102 e. The minimum absolute atomic E-state index is 0.0701. The summed E-state index contributed by atoms with van der Waals surface area (Å²) < 4.78 is 11.6. The standard InChI is InChI=1S/C6H14FNO/c1-6(5-9)8(2)4-3-7/h6,9H,3-5H2,1-2H3/t6-/m1/s1. The van der Waals surface area contributed by atoms with E-state index in [0.29, 0.717) is 6.54 Å². The maximum atomic E-state index is 11.6. The number of hydrogen-bond donors (Lipinski definition) is 1. The summed E-state index contributed by atoms with van der Waals surface area (Å²) in [5, 5.41) is 8.57. The maximum absolute atomic E-state index is 11.6. The number of nitrogens with zero attached hydrogens (tertiary/aromatic N) is 1. The number of aliphatic hydroxyl groups is 1. The number of likely N-dealkylation sites (N-methyl/N-ethyl adjacent to an activating group) is 1. The van der Waals surface area contributed by atoms with Gasteiger partial charge in [0.25, 0.3) is 0 Å². The van der Waals surface area contributed by atoms with Crippen molar-refractivity contribution in [3.05, 3.63) is 0 Å². The van der Waals surface area contributed by atoms with Gasteiger partial charge in [-0.25, -0.2) is 4.39 Å². The van der Waals surface area contributed by atoms with Gasteiger partial charge in [0, 0.05) is 12.6 Å². The zero-order chi connectivity index (χ0) is 7.28. The molecule has 0 unspecified atom stereocenters. The fourth-order valence-electron chi connectivity index (χ4n) is 0.493. The Balaban J connectivity index is 3.32. The Morgan fingerprint density at radius 2 is 2.22 bits per heavy atom.